The largest absolute Gasteiger partial charge is 0.481 e. The van der Waals surface area contributed by atoms with Crippen LogP contribution in [0.4, 0.5) is 0 Å². The van der Waals surface area contributed by atoms with Gasteiger partial charge < -0.3 is 14.6 Å². The Hall–Kier alpha value is -1.71. The first kappa shape index (κ1) is 9.83. The molecule has 4 nitrogen and oxygen atoms in total. The lowest BCUT2D eigenvalue weighted by Crippen LogP contribution is -2.11. The zero-order valence-electron chi connectivity index (χ0n) is 8.40. The topological polar surface area (TPSA) is 55.8 Å². The van der Waals surface area contributed by atoms with Crippen LogP contribution >= 0.6 is 0 Å². The van der Waals surface area contributed by atoms with Gasteiger partial charge in [0.1, 0.15) is 0 Å². The summed E-state index contributed by atoms with van der Waals surface area (Å²) in [7, 11) is 0. The summed E-state index contributed by atoms with van der Waals surface area (Å²) in [5.74, 6) is 0.103. The number of carboxylic acid groups (broad SMARTS) is 1. The molecule has 1 aliphatic heterocycles. The third-order valence-corrected chi connectivity index (χ3v) is 2.57. The van der Waals surface area contributed by atoms with Crippen molar-refractivity contribution in [3.8, 4) is 0 Å². The van der Waals surface area contributed by atoms with E-state index >= 15 is 0 Å². The molecule has 1 atom stereocenters. The molecule has 80 valence electrons. The lowest BCUT2D eigenvalue weighted by Gasteiger charge is -2.08. The van der Waals surface area contributed by atoms with E-state index in [0.717, 1.165) is 5.57 Å². The second-order valence-corrected chi connectivity index (χ2v) is 3.51. The maximum Gasteiger partial charge on any atom is 0.310 e. The van der Waals surface area contributed by atoms with Gasteiger partial charge in [-0.15, -0.1) is 0 Å². The van der Waals surface area contributed by atoms with Gasteiger partial charge >= 0.3 is 5.97 Å². The van der Waals surface area contributed by atoms with Gasteiger partial charge in [0.05, 0.1) is 5.92 Å². The molecule has 0 aromatic rings. The van der Waals surface area contributed by atoms with Crippen molar-refractivity contribution in [2.24, 2.45) is 5.92 Å². The Morgan fingerprint density at radius 3 is 2.87 bits per heavy atom. The van der Waals surface area contributed by atoms with E-state index in [1.54, 1.807) is 19.1 Å². The van der Waals surface area contributed by atoms with Gasteiger partial charge in [-0.3, -0.25) is 4.79 Å². The molecule has 2 aliphatic rings. The zero-order chi connectivity index (χ0) is 10.8. The third-order valence-electron chi connectivity index (χ3n) is 2.57. The third kappa shape index (κ3) is 1.88. The summed E-state index contributed by atoms with van der Waals surface area (Å²) >= 11 is 0. The maximum atomic E-state index is 10.8. The Labute approximate surface area is 87.5 Å². The summed E-state index contributed by atoms with van der Waals surface area (Å²) in [4.78, 5) is 10.8. The van der Waals surface area contributed by atoms with Gasteiger partial charge in [0.15, 0.2) is 11.5 Å². The Balaban J connectivity index is 2.22. The lowest BCUT2D eigenvalue weighted by molar-refractivity contribution is -0.139. The van der Waals surface area contributed by atoms with Crippen molar-refractivity contribution in [1.29, 1.82) is 0 Å². The molecule has 1 aliphatic carbocycles. The summed E-state index contributed by atoms with van der Waals surface area (Å²) in [5, 5.41) is 8.88. The second kappa shape index (κ2) is 3.81. The Morgan fingerprint density at radius 1 is 1.40 bits per heavy atom. The molecule has 2 rings (SSSR count). The predicted octanol–water partition coefficient (Wildman–Crippen LogP) is 1.81. The van der Waals surface area contributed by atoms with Gasteiger partial charge in [-0.05, 0) is 25.5 Å². The maximum absolute atomic E-state index is 10.8. The Morgan fingerprint density at radius 2 is 2.13 bits per heavy atom. The van der Waals surface area contributed by atoms with Crippen molar-refractivity contribution in [2.75, 3.05) is 6.79 Å². The van der Waals surface area contributed by atoms with Crippen LogP contribution < -0.4 is 0 Å². The van der Waals surface area contributed by atoms with Gasteiger partial charge in [0, 0.05) is 0 Å². The summed E-state index contributed by atoms with van der Waals surface area (Å²) in [6.45, 7) is 1.92. The van der Waals surface area contributed by atoms with Gasteiger partial charge in [0.2, 0.25) is 6.79 Å². The fourth-order valence-electron chi connectivity index (χ4n) is 1.53. The zero-order valence-corrected chi connectivity index (χ0v) is 8.40. The molecule has 0 aromatic heterocycles. The number of ether oxygens (including phenoxy) is 2. The molecule has 1 saturated heterocycles. The van der Waals surface area contributed by atoms with Crippen molar-refractivity contribution < 1.29 is 19.4 Å². The molecule has 15 heavy (non-hydrogen) atoms. The number of carbonyl (C=O) groups is 1. The molecule has 0 radical (unpaired) electrons. The summed E-state index contributed by atoms with van der Waals surface area (Å²) in [5.41, 5.74) is 0.851. The number of fused-ring (bicyclic) bond motifs is 1. The first-order valence-corrected chi connectivity index (χ1v) is 4.78. The fourth-order valence-corrected chi connectivity index (χ4v) is 1.53. The number of aliphatic carboxylic acids is 1. The normalized spacial score (nSPS) is 21.0. The average Bonchev–Trinajstić information content (AvgIpc) is 2.57. The van der Waals surface area contributed by atoms with Crippen LogP contribution in [0.25, 0.3) is 0 Å². The van der Waals surface area contributed by atoms with Crippen LogP contribution in [0.2, 0.25) is 0 Å². The molecule has 1 fully saturated rings. The monoisotopic (exact) mass is 208 g/mol. The minimum absolute atomic E-state index is 0.245. The van der Waals surface area contributed by atoms with E-state index in [2.05, 4.69) is 0 Å². The van der Waals surface area contributed by atoms with E-state index in [1.165, 1.54) is 0 Å². The predicted molar refractivity (Wildman–Crippen MR) is 52.7 cm³/mol. The first-order chi connectivity index (χ1) is 7.18. The number of rotatable bonds is 2. The molecule has 0 bridgehead atoms. The van der Waals surface area contributed by atoms with Crippen LogP contribution in [0, 0.1) is 5.92 Å². The SMILES string of the molecule is CC(C(=O)O)C1=CC=C2OCOC2=CC1. The summed E-state index contributed by atoms with van der Waals surface area (Å²) in [6, 6.07) is 0. The Kier molecular flexibility index (Phi) is 2.49. The minimum Gasteiger partial charge on any atom is -0.481 e. The molecule has 0 saturated carbocycles. The average molecular weight is 208 g/mol. The van der Waals surface area contributed by atoms with Crippen LogP contribution in [0.5, 0.6) is 0 Å². The molecule has 0 aromatic carbocycles. The Bertz CT molecular complexity index is 376. The van der Waals surface area contributed by atoms with E-state index in [0.29, 0.717) is 17.9 Å². The fraction of sp³-hybridized carbons (Fsp3) is 0.364. The highest BCUT2D eigenvalue weighted by atomic mass is 16.7. The van der Waals surface area contributed by atoms with E-state index < -0.39 is 11.9 Å². The van der Waals surface area contributed by atoms with E-state index in [9.17, 15) is 4.79 Å². The number of allylic oxidation sites excluding steroid dienone is 3. The molecule has 4 heteroatoms. The van der Waals surface area contributed by atoms with Crippen molar-refractivity contribution in [2.45, 2.75) is 13.3 Å². The molecular formula is C11H12O4. The van der Waals surface area contributed by atoms with Crippen LogP contribution in [0.15, 0.2) is 35.3 Å². The van der Waals surface area contributed by atoms with E-state index in [-0.39, 0.29) is 6.79 Å². The highest BCUT2D eigenvalue weighted by Crippen LogP contribution is 2.27. The van der Waals surface area contributed by atoms with Crippen molar-refractivity contribution in [3.05, 3.63) is 35.3 Å². The van der Waals surface area contributed by atoms with Gasteiger partial charge in [-0.2, -0.15) is 0 Å². The van der Waals surface area contributed by atoms with Gasteiger partial charge in [0.25, 0.3) is 0 Å². The van der Waals surface area contributed by atoms with Crippen molar-refractivity contribution in [1.82, 2.24) is 0 Å². The summed E-state index contributed by atoms with van der Waals surface area (Å²) in [6.07, 6.45) is 6.01. The van der Waals surface area contributed by atoms with E-state index in [4.69, 9.17) is 14.6 Å². The molecule has 0 spiro atoms. The smallest absolute Gasteiger partial charge is 0.310 e. The highest BCUT2D eigenvalue weighted by Gasteiger charge is 2.21. The second-order valence-electron chi connectivity index (χ2n) is 3.51. The quantitative estimate of drug-likeness (QED) is 0.751. The standard InChI is InChI=1S/C11H12O4/c1-7(11(12)13)8-2-4-9-10(5-3-8)15-6-14-9/h2,4-5,7H,3,6H2,1H3,(H,12,13). The lowest BCUT2D eigenvalue weighted by atomic mass is 9.98. The van der Waals surface area contributed by atoms with Crippen LogP contribution in [-0.4, -0.2) is 17.9 Å². The van der Waals surface area contributed by atoms with Crippen molar-refractivity contribution >= 4 is 5.97 Å². The molecular weight excluding hydrogens is 196 g/mol. The number of hydrogen-bond acceptors (Lipinski definition) is 3. The van der Waals surface area contributed by atoms with E-state index in [1.807, 2.05) is 6.08 Å². The minimum atomic E-state index is -0.813. The number of hydrogen-bond donors (Lipinski definition) is 1. The molecule has 1 unspecified atom stereocenters. The number of carboxylic acids is 1. The van der Waals surface area contributed by atoms with Gasteiger partial charge in [-0.1, -0.05) is 11.6 Å². The van der Waals surface area contributed by atoms with Crippen LogP contribution in [0.3, 0.4) is 0 Å². The van der Waals surface area contributed by atoms with Crippen LogP contribution in [0.1, 0.15) is 13.3 Å². The van der Waals surface area contributed by atoms with Crippen LogP contribution in [-0.2, 0) is 14.3 Å². The van der Waals surface area contributed by atoms with Crippen molar-refractivity contribution in [3.63, 3.8) is 0 Å². The molecule has 0 amide bonds. The first-order valence-electron chi connectivity index (χ1n) is 4.78. The van der Waals surface area contributed by atoms with Gasteiger partial charge in [-0.25, -0.2) is 0 Å². The summed E-state index contributed by atoms with van der Waals surface area (Å²) < 4.78 is 10.4. The molecule has 1 heterocycles. The molecule has 1 N–H and O–H groups in total. The highest BCUT2D eigenvalue weighted by molar-refractivity contribution is 5.73.